The standard InChI is InChI=1S/C12H14BrFO/c1-12(2,3)11(15)7-8-6-9(13)4-5-10(8)14/h4-6H,7H2,1-3H3. The normalized spacial score (nSPS) is 11.5. The van der Waals surface area contributed by atoms with Gasteiger partial charge in [0.25, 0.3) is 0 Å². The molecule has 1 rings (SSSR count). The Morgan fingerprint density at radius 3 is 2.53 bits per heavy atom. The van der Waals surface area contributed by atoms with Gasteiger partial charge in [0.15, 0.2) is 0 Å². The summed E-state index contributed by atoms with van der Waals surface area (Å²) in [5, 5.41) is 0. The molecule has 82 valence electrons. The zero-order valence-corrected chi connectivity index (χ0v) is 10.7. The number of halogens is 2. The maximum atomic E-state index is 13.3. The van der Waals surface area contributed by atoms with Gasteiger partial charge >= 0.3 is 0 Å². The fourth-order valence-corrected chi connectivity index (χ4v) is 1.53. The lowest BCUT2D eigenvalue weighted by molar-refractivity contribution is -0.125. The zero-order valence-electron chi connectivity index (χ0n) is 9.10. The predicted octanol–water partition coefficient (Wildman–Crippen LogP) is 3.75. The molecule has 1 aromatic carbocycles. The molecule has 0 saturated carbocycles. The molecule has 0 aromatic heterocycles. The second-order valence-corrected chi connectivity index (χ2v) is 5.50. The van der Waals surface area contributed by atoms with E-state index >= 15 is 0 Å². The average Bonchev–Trinajstić information content (AvgIpc) is 2.09. The summed E-state index contributed by atoms with van der Waals surface area (Å²) in [6, 6.07) is 4.65. The third-order valence-electron chi connectivity index (χ3n) is 2.20. The van der Waals surface area contributed by atoms with Crippen molar-refractivity contribution < 1.29 is 9.18 Å². The molecule has 0 saturated heterocycles. The van der Waals surface area contributed by atoms with E-state index in [0.29, 0.717) is 5.56 Å². The van der Waals surface area contributed by atoms with Gasteiger partial charge in [0.1, 0.15) is 11.6 Å². The Bertz CT molecular complexity index is 380. The molecule has 0 unspecified atom stereocenters. The van der Waals surface area contributed by atoms with Crippen LogP contribution in [0.25, 0.3) is 0 Å². The lowest BCUT2D eigenvalue weighted by atomic mass is 9.87. The Morgan fingerprint density at radius 1 is 1.40 bits per heavy atom. The van der Waals surface area contributed by atoms with Gasteiger partial charge in [-0.25, -0.2) is 4.39 Å². The molecule has 1 nitrogen and oxygen atoms in total. The number of benzene rings is 1. The number of carbonyl (C=O) groups excluding carboxylic acids is 1. The number of Topliss-reactive ketones (excluding diaryl/α,β-unsaturated/α-hetero) is 1. The fourth-order valence-electron chi connectivity index (χ4n) is 1.12. The Morgan fingerprint density at radius 2 is 2.00 bits per heavy atom. The molecule has 3 heteroatoms. The van der Waals surface area contributed by atoms with Gasteiger partial charge in [-0.2, -0.15) is 0 Å². The van der Waals surface area contributed by atoms with E-state index in [1.807, 2.05) is 20.8 Å². The summed E-state index contributed by atoms with van der Waals surface area (Å²) in [5.74, 6) is -0.282. The fraction of sp³-hybridized carbons (Fsp3) is 0.417. The summed E-state index contributed by atoms with van der Waals surface area (Å²) < 4.78 is 14.1. The van der Waals surface area contributed by atoms with Crippen molar-refractivity contribution in [3.05, 3.63) is 34.1 Å². The lowest BCUT2D eigenvalue weighted by Crippen LogP contribution is -2.22. The van der Waals surface area contributed by atoms with Crippen LogP contribution in [0.1, 0.15) is 26.3 Å². The van der Waals surface area contributed by atoms with Crippen LogP contribution in [0.3, 0.4) is 0 Å². The minimum absolute atomic E-state index is 0.0412. The van der Waals surface area contributed by atoms with Crippen LogP contribution < -0.4 is 0 Å². The molecule has 0 aliphatic carbocycles. The maximum absolute atomic E-state index is 13.3. The van der Waals surface area contributed by atoms with Gasteiger partial charge in [0.2, 0.25) is 0 Å². The highest BCUT2D eigenvalue weighted by molar-refractivity contribution is 9.10. The van der Waals surface area contributed by atoms with Gasteiger partial charge in [0.05, 0.1) is 0 Å². The molecule has 0 amide bonds. The second kappa shape index (κ2) is 4.44. The Hall–Kier alpha value is -0.700. The first-order valence-electron chi connectivity index (χ1n) is 4.78. The molecular formula is C12H14BrFO. The van der Waals surface area contributed by atoms with E-state index in [1.165, 1.54) is 6.07 Å². The van der Waals surface area contributed by atoms with E-state index < -0.39 is 5.41 Å². The summed E-state index contributed by atoms with van der Waals surface area (Å²) in [7, 11) is 0. The number of hydrogen-bond donors (Lipinski definition) is 0. The van der Waals surface area contributed by atoms with E-state index in [0.717, 1.165) is 4.47 Å². The number of ketones is 1. The van der Waals surface area contributed by atoms with Gasteiger partial charge in [0, 0.05) is 16.3 Å². The highest BCUT2D eigenvalue weighted by Crippen LogP contribution is 2.21. The summed E-state index contributed by atoms with van der Waals surface area (Å²) in [4.78, 5) is 11.7. The topological polar surface area (TPSA) is 17.1 Å². The number of rotatable bonds is 2. The van der Waals surface area contributed by atoms with Crippen molar-refractivity contribution in [3.8, 4) is 0 Å². The van der Waals surface area contributed by atoms with E-state index in [-0.39, 0.29) is 18.0 Å². The predicted molar refractivity (Wildman–Crippen MR) is 62.3 cm³/mol. The molecule has 0 atom stereocenters. The quantitative estimate of drug-likeness (QED) is 0.802. The molecular weight excluding hydrogens is 259 g/mol. The summed E-state index contributed by atoms with van der Waals surface area (Å²) in [6.07, 6.45) is 0.148. The van der Waals surface area contributed by atoms with Gasteiger partial charge in [-0.3, -0.25) is 4.79 Å². The van der Waals surface area contributed by atoms with Gasteiger partial charge in [-0.1, -0.05) is 36.7 Å². The SMILES string of the molecule is CC(C)(C)C(=O)Cc1cc(Br)ccc1F. The highest BCUT2D eigenvalue weighted by Gasteiger charge is 2.22. The molecule has 0 bridgehead atoms. The van der Waals surface area contributed by atoms with Crippen LogP contribution in [0.4, 0.5) is 4.39 Å². The minimum Gasteiger partial charge on any atom is -0.299 e. The molecule has 0 fully saturated rings. The summed E-state index contributed by atoms with van der Waals surface area (Å²) in [6.45, 7) is 5.52. The third-order valence-corrected chi connectivity index (χ3v) is 2.69. The Kier molecular flexibility index (Phi) is 3.66. The number of hydrogen-bond acceptors (Lipinski definition) is 1. The van der Waals surface area contributed by atoms with Crippen molar-refractivity contribution in [2.75, 3.05) is 0 Å². The van der Waals surface area contributed by atoms with Gasteiger partial charge < -0.3 is 0 Å². The highest BCUT2D eigenvalue weighted by atomic mass is 79.9. The van der Waals surface area contributed by atoms with E-state index in [2.05, 4.69) is 15.9 Å². The monoisotopic (exact) mass is 272 g/mol. The Balaban J connectivity index is 2.90. The molecule has 0 spiro atoms. The van der Waals surface area contributed by atoms with Crippen LogP contribution in [0.2, 0.25) is 0 Å². The smallest absolute Gasteiger partial charge is 0.142 e. The molecule has 0 heterocycles. The van der Waals surface area contributed by atoms with Gasteiger partial charge in [-0.05, 0) is 23.8 Å². The van der Waals surface area contributed by atoms with Crippen molar-refractivity contribution in [1.29, 1.82) is 0 Å². The maximum Gasteiger partial charge on any atom is 0.142 e. The van der Waals surface area contributed by atoms with E-state index in [1.54, 1.807) is 12.1 Å². The van der Waals surface area contributed by atoms with Gasteiger partial charge in [-0.15, -0.1) is 0 Å². The summed E-state index contributed by atoms with van der Waals surface area (Å²) >= 11 is 3.26. The van der Waals surface area contributed by atoms with Crippen molar-refractivity contribution in [3.63, 3.8) is 0 Å². The molecule has 0 N–H and O–H groups in total. The van der Waals surface area contributed by atoms with Crippen LogP contribution in [-0.2, 0) is 11.2 Å². The van der Waals surface area contributed by atoms with Crippen LogP contribution in [0.15, 0.2) is 22.7 Å². The molecule has 15 heavy (non-hydrogen) atoms. The molecule has 1 aromatic rings. The second-order valence-electron chi connectivity index (χ2n) is 4.59. The first kappa shape index (κ1) is 12.4. The van der Waals surface area contributed by atoms with E-state index in [9.17, 15) is 9.18 Å². The van der Waals surface area contributed by atoms with Crippen molar-refractivity contribution in [1.82, 2.24) is 0 Å². The Labute approximate surface area is 97.8 Å². The third kappa shape index (κ3) is 3.42. The van der Waals surface area contributed by atoms with Crippen LogP contribution in [0.5, 0.6) is 0 Å². The molecule has 0 aliphatic heterocycles. The minimum atomic E-state index is -0.422. The zero-order chi connectivity index (χ0) is 11.6. The number of carbonyl (C=O) groups is 1. The van der Waals surface area contributed by atoms with Crippen molar-refractivity contribution in [2.45, 2.75) is 27.2 Å². The van der Waals surface area contributed by atoms with Crippen LogP contribution >= 0.6 is 15.9 Å². The van der Waals surface area contributed by atoms with Crippen LogP contribution in [0, 0.1) is 11.2 Å². The molecule has 0 aliphatic rings. The van der Waals surface area contributed by atoms with Crippen molar-refractivity contribution in [2.24, 2.45) is 5.41 Å². The van der Waals surface area contributed by atoms with E-state index in [4.69, 9.17) is 0 Å². The first-order chi connectivity index (χ1) is 6.80. The first-order valence-corrected chi connectivity index (χ1v) is 5.57. The largest absolute Gasteiger partial charge is 0.299 e. The lowest BCUT2D eigenvalue weighted by Gasteiger charge is -2.16. The average molecular weight is 273 g/mol. The molecule has 0 radical (unpaired) electrons. The van der Waals surface area contributed by atoms with Crippen molar-refractivity contribution >= 4 is 21.7 Å². The summed E-state index contributed by atoms with van der Waals surface area (Å²) in [5.41, 5.74) is 0.0266. The van der Waals surface area contributed by atoms with Crippen LogP contribution in [-0.4, -0.2) is 5.78 Å².